The van der Waals surface area contributed by atoms with Crippen LogP contribution in [0, 0.1) is 12.3 Å². The zero-order valence-corrected chi connectivity index (χ0v) is 18.9. The van der Waals surface area contributed by atoms with Gasteiger partial charge in [-0.3, -0.25) is 4.79 Å². The van der Waals surface area contributed by atoms with Gasteiger partial charge in [0.1, 0.15) is 11.4 Å². The smallest absolute Gasteiger partial charge is 0.410 e. The highest BCUT2D eigenvalue weighted by Gasteiger charge is 2.31. The monoisotopic (exact) mass is 401 g/mol. The van der Waals surface area contributed by atoms with Crippen LogP contribution in [0.2, 0.25) is 0 Å². The second-order valence-electron chi connectivity index (χ2n) is 9.77. The number of esters is 1. The Labute approximate surface area is 175 Å². The number of ether oxygens (including phenoxy) is 2. The van der Waals surface area contributed by atoms with Crippen molar-refractivity contribution < 1.29 is 19.1 Å². The molecule has 5 nitrogen and oxygen atoms in total. The van der Waals surface area contributed by atoms with E-state index in [1.54, 1.807) is 4.90 Å². The van der Waals surface area contributed by atoms with E-state index in [-0.39, 0.29) is 18.1 Å². The number of aryl methyl sites for hydroxylation is 1. The molecule has 160 valence electrons. The Kier molecular flexibility index (Phi) is 7.15. The highest BCUT2D eigenvalue weighted by Crippen LogP contribution is 2.28. The molecule has 0 aliphatic carbocycles. The summed E-state index contributed by atoms with van der Waals surface area (Å²) in [6.45, 7) is 13.7. The van der Waals surface area contributed by atoms with Gasteiger partial charge in [0, 0.05) is 12.1 Å². The average molecular weight is 402 g/mol. The first-order valence-electron chi connectivity index (χ1n) is 10.4. The number of piperidine rings is 1. The Hall–Kier alpha value is -2.30. The SMILES string of the molecule is Cc1ccc(/C(=C\C2CCCCN2C(=O)OC(C)(C)C)OC(=O)C(C)(C)C)cc1. The molecule has 1 heterocycles. The van der Waals surface area contributed by atoms with Gasteiger partial charge in [-0.25, -0.2) is 4.79 Å². The third kappa shape index (κ3) is 6.91. The Morgan fingerprint density at radius 2 is 1.66 bits per heavy atom. The second-order valence-corrected chi connectivity index (χ2v) is 9.77. The van der Waals surface area contributed by atoms with Crippen molar-refractivity contribution in [3.63, 3.8) is 0 Å². The van der Waals surface area contributed by atoms with Crippen LogP contribution in [0.1, 0.15) is 71.9 Å². The summed E-state index contributed by atoms with van der Waals surface area (Å²) < 4.78 is 11.4. The molecule has 0 spiro atoms. The van der Waals surface area contributed by atoms with Crippen molar-refractivity contribution >= 4 is 17.8 Å². The molecule has 0 saturated carbocycles. The van der Waals surface area contributed by atoms with Crippen molar-refractivity contribution in [3.05, 3.63) is 41.5 Å². The van der Waals surface area contributed by atoms with E-state index in [1.807, 2.05) is 78.8 Å². The summed E-state index contributed by atoms with van der Waals surface area (Å²) >= 11 is 0. The summed E-state index contributed by atoms with van der Waals surface area (Å²) in [4.78, 5) is 27.1. The van der Waals surface area contributed by atoms with E-state index in [0.29, 0.717) is 12.3 Å². The van der Waals surface area contributed by atoms with E-state index in [0.717, 1.165) is 30.4 Å². The molecule has 0 bridgehead atoms. The van der Waals surface area contributed by atoms with Crippen LogP contribution in [-0.2, 0) is 14.3 Å². The van der Waals surface area contributed by atoms with E-state index in [1.165, 1.54) is 0 Å². The van der Waals surface area contributed by atoms with Crippen molar-refractivity contribution in [1.82, 2.24) is 4.90 Å². The predicted octanol–water partition coefficient (Wildman–Crippen LogP) is 5.71. The summed E-state index contributed by atoms with van der Waals surface area (Å²) in [6, 6.07) is 7.68. The Morgan fingerprint density at radius 3 is 2.21 bits per heavy atom. The molecule has 1 atom stereocenters. The minimum absolute atomic E-state index is 0.178. The summed E-state index contributed by atoms with van der Waals surface area (Å²) in [5.74, 6) is 0.189. The zero-order chi connectivity index (χ0) is 21.8. The van der Waals surface area contributed by atoms with Crippen LogP contribution in [0.4, 0.5) is 4.79 Å². The minimum Gasteiger partial charge on any atom is -0.444 e. The molecule has 1 unspecified atom stereocenters. The molecule has 29 heavy (non-hydrogen) atoms. The van der Waals surface area contributed by atoms with Gasteiger partial charge in [-0.15, -0.1) is 0 Å². The molecule has 0 N–H and O–H groups in total. The molecule has 1 aromatic rings. The number of nitrogens with zero attached hydrogens (tertiary/aromatic N) is 1. The molecule has 1 aliphatic heterocycles. The first-order chi connectivity index (χ1) is 13.4. The van der Waals surface area contributed by atoms with E-state index in [9.17, 15) is 9.59 Å². The lowest BCUT2D eigenvalue weighted by Gasteiger charge is -2.35. The second kappa shape index (κ2) is 9.02. The fourth-order valence-electron chi connectivity index (χ4n) is 3.01. The van der Waals surface area contributed by atoms with Crippen LogP contribution in [0.3, 0.4) is 0 Å². The molecule has 0 radical (unpaired) electrons. The number of carbonyl (C=O) groups excluding carboxylic acids is 2. The van der Waals surface area contributed by atoms with Gasteiger partial charge in [0.15, 0.2) is 0 Å². The molecule has 2 rings (SSSR count). The van der Waals surface area contributed by atoms with Crippen molar-refractivity contribution in [2.24, 2.45) is 5.41 Å². The standard InChI is InChI=1S/C24H35NO4/c1-17-11-13-18(14-12-17)20(28-21(26)23(2,3)4)16-19-10-8-9-15-25(19)22(27)29-24(5,6)7/h11-14,16,19H,8-10,15H2,1-7H3/b20-16+. The maximum absolute atomic E-state index is 12.7. The molecule has 5 heteroatoms. The van der Waals surface area contributed by atoms with E-state index < -0.39 is 11.0 Å². The van der Waals surface area contributed by atoms with E-state index >= 15 is 0 Å². The van der Waals surface area contributed by atoms with Crippen LogP contribution in [0.25, 0.3) is 5.76 Å². The number of carbonyl (C=O) groups is 2. The number of hydrogen-bond donors (Lipinski definition) is 0. The quantitative estimate of drug-likeness (QED) is 0.480. The lowest BCUT2D eigenvalue weighted by molar-refractivity contribution is -0.145. The van der Waals surface area contributed by atoms with Gasteiger partial charge in [0.05, 0.1) is 11.5 Å². The molecule has 0 aromatic heterocycles. The fraction of sp³-hybridized carbons (Fsp3) is 0.583. The number of likely N-dealkylation sites (tertiary alicyclic amines) is 1. The lowest BCUT2D eigenvalue weighted by Crippen LogP contribution is -2.45. The number of hydrogen-bond acceptors (Lipinski definition) is 4. The Balaban J connectivity index is 2.37. The molecule has 1 saturated heterocycles. The third-order valence-electron chi connectivity index (χ3n) is 4.67. The van der Waals surface area contributed by atoms with Crippen LogP contribution < -0.4 is 0 Å². The molecular formula is C24H35NO4. The van der Waals surface area contributed by atoms with Crippen LogP contribution in [0.15, 0.2) is 30.3 Å². The van der Waals surface area contributed by atoms with E-state index in [4.69, 9.17) is 9.47 Å². The van der Waals surface area contributed by atoms with Gasteiger partial charge < -0.3 is 14.4 Å². The normalized spacial score (nSPS) is 18.4. The van der Waals surface area contributed by atoms with Crippen LogP contribution in [0.5, 0.6) is 0 Å². The topological polar surface area (TPSA) is 55.8 Å². The number of rotatable bonds is 3. The summed E-state index contributed by atoms with van der Waals surface area (Å²) in [6.07, 6.45) is 4.32. The van der Waals surface area contributed by atoms with Crippen molar-refractivity contribution in [2.45, 2.75) is 79.4 Å². The van der Waals surface area contributed by atoms with Gasteiger partial charge in [-0.2, -0.15) is 0 Å². The first kappa shape index (κ1) is 23.0. The van der Waals surface area contributed by atoms with Crippen molar-refractivity contribution in [3.8, 4) is 0 Å². The Morgan fingerprint density at radius 1 is 1.03 bits per heavy atom. The maximum atomic E-state index is 12.7. The predicted molar refractivity (Wildman–Crippen MR) is 115 cm³/mol. The van der Waals surface area contributed by atoms with Gasteiger partial charge in [-0.05, 0) is 73.8 Å². The van der Waals surface area contributed by atoms with E-state index in [2.05, 4.69) is 0 Å². The maximum Gasteiger partial charge on any atom is 0.410 e. The number of benzene rings is 1. The van der Waals surface area contributed by atoms with Crippen molar-refractivity contribution in [2.75, 3.05) is 6.54 Å². The summed E-state index contributed by atoms with van der Waals surface area (Å²) in [7, 11) is 0. The van der Waals surface area contributed by atoms with Gasteiger partial charge in [0.25, 0.3) is 0 Å². The minimum atomic E-state index is -0.624. The molecule has 1 aromatic carbocycles. The molecule has 1 fully saturated rings. The first-order valence-corrected chi connectivity index (χ1v) is 10.4. The molecule has 1 aliphatic rings. The van der Waals surface area contributed by atoms with Gasteiger partial charge in [0.2, 0.25) is 0 Å². The molecule has 1 amide bonds. The van der Waals surface area contributed by atoms with Gasteiger partial charge in [-0.1, -0.05) is 29.8 Å². The summed E-state index contributed by atoms with van der Waals surface area (Å²) in [5, 5.41) is 0. The highest BCUT2D eigenvalue weighted by atomic mass is 16.6. The summed E-state index contributed by atoms with van der Waals surface area (Å²) in [5.41, 5.74) is 0.772. The van der Waals surface area contributed by atoms with Gasteiger partial charge >= 0.3 is 12.1 Å². The molecular weight excluding hydrogens is 366 g/mol. The number of amides is 1. The largest absolute Gasteiger partial charge is 0.444 e. The van der Waals surface area contributed by atoms with Crippen LogP contribution in [-0.4, -0.2) is 35.2 Å². The average Bonchev–Trinajstić information content (AvgIpc) is 2.60. The Bertz CT molecular complexity index is 751. The third-order valence-corrected chi connectivity index (χ3v) is 4.67. The van der Waals surface area contributed by atoms with Crippen LogP contribution >= 0.6 is 0 Å². The highest BCUT2D eigenvalue weighted by molar-refractivity contribution is 5.82. The van der Waals surface area contributed by atoms with Crippen molar-refractivity contribution in [1.29, 1.82) is 0 Å². The fourth-order valence-corrected chi connectivity index (χ4v) is 3.01. The lowest BCUT2D eigenvalue weighted by atomic mass is 9.97. The zero-order valence-electron chi connectivity index (χ0n) is 18.9.